The molecule has 1 unspecified atom stereocenters. The predicted molar refractivity (Wildman–Crippen MR) is 72.1 cm³/mol. The van der Waals surface area contributed by atoms with Gasteiger partial charge >= 0.3 is 0 Å². The molecule has 0 aliphatic heterocycles. The Bertz CT molecular complexity index is 537. The highest BCUT2D eigenvalue weighted by molar-refractivity contribution is 5.42. The molecule has 0 spiro atoms. The number of aliphatic hydroxyl groups is 1. The quantitative estimate of drug-likeness (QED) is 0.915. The van der Waals surface area contributed by atoms with Gasteiger partial charge in [0.1, 0.15) is 12.4 Å². The number of hydrogen-bond donors (Lipinski definition) is 1. The minimum absolute atomic E-state index is 0.335. The van der Waals surface area contributed by atoms with Gasteiger partial charge in [-0.05, 0) is 42.5 Å². The SMILES string of the molecule is OC1CCCc2c(OCCn3cccn3)cccc21. The summed E-state index contributed by atoms with van der Waals surface area (Å²) in [5.41, 5.74) is 2.20. The average molecular weight is 258 g/mol. The van der Waals surface area contributed by atoms with E-state index in [0.717, 1.165) is 37.1 Å². The van der Waals surface area contributed by atoms with Gasteiger partial charge in [-0.2, -0.15) is 5.10 Å². The Hall–Kier alpha value is -1.81. The van der Waals surface area contributed by atoms with Crippen molar-refractivity contribution in [2.24, 2.45) is 0 Å². The largest absolute Gasteiger partial charge is 0.491 e. The number of ether oxygens (including phenoxy) is 1. The number of aliphatic hydroxyl groups excluding tert-OH is 1. The van der Waals surface area contributed by atoms with Crippen LogP contribution in [0.25, 0.3) is 0 Å². The van der Waals surface area contributed by atoms with Crippen LogP contribution in [0, 0.1) is 0 Å². The Kier molecular flexibility index (Phi) is 3.51. The summed E-state index contributed by atoms with van der Waals surface area (Å²) in [6.45, 7) is 1.33. The van der Waals surface area contributed by atoms with Crippen LogP contribution in [-0.2, 0) is 13.0 Å². The van der Waals surface area contributed by atoms with Crippen LogP contribution in [0.15, 0.2) is 36.7 Å². The molecule has 1 atom stereocenters. The molecule has 4 nitrogen and oxygen atoms in total. The summed E-state index contributed by atoms with van der Waals surface area (Å²) in [5, 5.41) is 14.1. The Morgan fingerprint density at radius 1 is 1.37 bits per heavy atom. The van der Waals surface area contributed by atoms with E-state index in [1.54, 1.807) is 6.20 Å². The smallest absolute Gasteiger partial charge is 0.122 e. The minimum Gasteiger partial charge on any atom is -0.491 e. The molecule has 1 aliphatic rings. The molecule has 0 amide bonds. The lowest BCUT2D eigenvalue weighted by molar-refractivity contribution is 0.155. The zero-order valence-electron chi connectivity index (χ0n) is 10.8. The lowest BCUT2D eigenvalue weighted by Crippen LogP contribution is -2.13. The first-order chi connectivity index (χ1) is 9.34. The third kappa shape index (κ3) is 2.63. The number of rotatable bonds is 4. The summed E-state index contributed by atoms with van der Waals surface area (Å²) in [6.07, 6.45) is 6.22. The molecule has 2 aromatic rings. The maximum atomic E-state index is 9.99. The van der Waals surface area contributed by atoms with Gasteiger partial charge in [0.15, 0.2) is 0 Å². The lowest BCUT2D eigenvalue weighted by Gasteiger charge is -2.23. The zero-order chi connectivity index (χ0) is 13.1. The van der Waals surface area contributed by atoms with Crippen molar-refractivity contribution in [1.82, 2.24) is 9.78 Å². The minimum atomic E-state index is -0.335. The molecular weight excluding hydrogens is 240 g/mol. The van der Waals surface area contributed by atoms with Crippen molar-refractivity contribution in [2.75, 3.05) is 6.61 Å². The summed E-state index contributed by atoms with van der Waals surface area (Å²) in [4.78, 5) is 0. The molecule has 1 aliphatic carbocycles. The number of benzene rings is 1. The van der Waals surface area contributed by atoms with Gasteiger partial charge in [-0.25, -0.2) is 0 Å². The molecule has 1 heterocycles. The highest BCUT2D eigenvalue weighted by Crippen LogP contribution is 2.35. The molecule has 4 heteroatoms. The molecule has 19 heavy (non-hydrogen) atoms. The second kappa shape index (κ2) is 5.45. The molecule has 1 N–H and O–H groups in total. The van der Waals surface area contributed by atoms with E-state index in [0.29, 0.717) is 6.61 Å². The van der Waals surface area contributed by atoms with Gasteiger partial charge in [0.2, 0.25) is 0 Å². The van der Waals surface area contributed by atoms with Gasteiger partial charge in [0.25, 0.3) is 0 Å². The molecule has 100 valence electrons. The van der Waals surface area contributed by atoms with Gasteiger partial charge in [-0.1, -0.05) is 12.1 Å². The van der Waals surface area contributed by atoms with E-state index in [9.17, 15) is 5.11 Å². The summed E-state index contributed by atoms with van der Waals surface area (Å²) < 4.78 is 7.71. The highest BCUT2D eigenvalue weighted by atomic mass is 16.5. The molecule has 0 saturated heterocycles. The second-order valence-electron chi connectivity index (χ2n) is 4.85. The van der Waals surface area contributed by atoms with Crippen molar-refractivity contribution in [3.05, 3.63) is 47.8 Å². The lowest BCUT2D eigenvalue weighted by atomic mass is 9.89. The van der Waals surface area contributed by atoms with Crippen LogP contribution in [0.4, 0.5) is 0 Å². The first-order valence-corrected chi connectivity index (χ1v) is 6.74. The fourth-order valence-corrected chi connectivity index (χ4v) is 2.61. The first-order valence-electron chi connectivity index (χ1n) is 6.74. The standard InChI is InChI=1S/C15H18N2O2/c18-14-6-1-5-13-12(14)4-2-7-15(13)19-11-10-17-9-3-8-16-17/h2-4,7-9,14,18H,1,5-6,10-11H2. The number of fused-ring (bicyclic) bond motifs is 1. The van der Waals surface area contributed by atoms with Gasteiger partial charge in [0.05, 0.1) is 12.6 Å². The Balaban J connectivity index is 1.69. The van der Waals surface area contributed by atoms with Crippen LogP contribution >= 0.6 is 0 Å². The summed E-state index contributed by atoms with van der Waals surface area (Å²) >= 11 is 0. The molecule has 0 bridgehead atoms. The van der Waals surface area contributed by atoms with Crippen LogP contribution < -0.4 is 4.74 Å². The van der Waals surface area contributed by atoms with Crippen molar-refractivity contribution in [2.45, 2.75) is 31.9 Å². The normalized spacial score (nSPS) is 18.1. The fraction of sp³-hybridized carbons (Fsp3) is 0.400. The van der Waals surface area contributed by atoms with Gasteiger partial charge in [-0.3, -0.25) is 4.68 Å². The monoisotopic (exact) mass is 258 g/mol. The fourth-order valence-electron chi connectivity index (χ4n) is 2.61. The number of hydrogen-bond acceptors (Lipinski definition) is 3. The van der Waals surface area contributed by atoms with Crippen molar-refractivity contribution in [3.63, 3.8) is 0 Å². The van der Waals surface area contributed by atoms with E-state index < -0.39 is 0 Å². The van der Waals surface area contributed by atoms with E-state index in [1.165, 1.54) is 5.56 Å². The number of aromatic nitrogens is 2. The molecule has 0 radical (unpaired) electrons. The molecule has 1 aromatic carbocycles. The number of nitrogens with zero attached hydrogens (tertiary/aromatic N) is 2. The third-order valence-corrected chi connectivity index (χ3v) is 3.57. The van der Waals surface area contributed by atoms with Crippen LogP contribution in [0.2, 0.25) is 0 Å². The van der Waals surface area contributed by atoms with Gasteiger partial charge in [-0.15, -0.1) is 0 Å². The molecule has 1 aromatic heterocycles. The van der Waals surface area contributed by atoms with Crippen molar-refractivity contribution >= 4 is 0 Å². The van der Waals surface area contributed by atoms with Crippen molar-refractivity contribution in [1.29, 1.82) is 0 Å². The van der Waals surface area contributed by atoms with Crippen molar-refractivity contribution in [3.8, 4) is 5.75 Å². The first kappa shape index (κ1) is 12.2. The van der Waals surface area contributed by atoms with Crippen LogP contribution in [0.1, 0.15) is 30.1 Å². The topological polar surface area (TPSA) is 47.3 Å². The van der Waals surface area contributed by atoms with Crippen LogP contribution in [-0.4, -0.2) is 21.5 Å². The predicted octanol–water partition coefficient (Wildman–Crippen LogP) is 2.33. The summed E-state index contributed by atoms with van der Waals surface area (Å²) in [7, 11) is 0. The van der Waals surface area contributed by atoms with E-state index in [4.69, 9.17) is 4.74 Å². The van der Waals surface area contributed by atoms with Gasteiger partial charge in [0, 0.05) is 12.4 Å². The molecule has 0 fully saturated rings. The van der Waals surface area contributed by atoms with E-state index >= 15 is 0 Å². The second-order valence-corrected chi connectivity index (χ2v) is 4.85. The highest BCUT2D eigenvalue weighted by Gasteiger charge is 2.20. The van der Waals surface area contributed by atoms with Crippen LogP contribution in [0.3, 0.4) is 0 Å². The van der Waals surface area contributed by atoms with E-state index in [1.807, 2.05) is 35.1 Å². The van der Waals surface area contributed by atoms with Crippen LogP contribution in [0.5, 0.6) is 5.75 Å². The maximum absolute atomic E-state index is 9.99. The van der Waals surface area contributed by atoms with E-state index in [2.05, 4.69) is 5.10 Å². The van der Waals surface area contributed by atoms with Crippen molar-refractivity contribution < 1.29 is 9.84 Å². The summed E-state index contributed by atoms with van der Waals surface area (Å²) in [5.74, 6) is 0.906. The Morgan fingerprint density at radius 2 is 2.32 bits per heavy atom. The Labute approximate surface area is 112 Å². The molecule has 0 saturated carbocycles. The maximum Gasteiger partial charge on any atom is 0.122 e. The zero-order valence-corrected chi connectivity index (χ0v) is 10.8. The average Bonchev–Trinajstić information content (AvgIpc) is 2.93. The summed E-state index contributed by atoms with van der Waals surface area (Å²) in [6, 6.07) is 7.84. The molecular formula is C15H18N2O2. The molecule has 3 rings (SSSR count). The third-order valence-electron chi connectivity index (χ3n) is 3.57. The Morgan fingerprint density at radius 3 is 3.16 bits per heavy atom. The van der Waals surface area contributed by atoms with E-state index in [-0.39, 0.29) is 6.10 Å². The van der Waals surface area contributed by atoms with Gasteiger partial charge < -0.3 is 9.84 Å².